The molecule has 14 heavy (non-hydrogen) atoms. The predicted molar refractivity (Wildman–Crippen MR) is 59.0 cm³/mol. The highest BCUT2D eigenvalue weighted by Gasteiger charge is 2.05. The van der Waals surface area contributed by atoms with Crippen molar-refractivity contribution in [3.05, 3.63) is 34.9 Å². The van der Waals surface area contributed by atoms with E-state index in [9.17, 15) is 4.79 Å². The molecule has 0 saturated carbocycles. The first kappa shape index (κ1) is 11.2. The largest absolute Gasteiger partial charge is 0.309 e. The molecule has 2 nitrogen and oxygen atoms in total. The second-order valence-electron chi connectivity index (χ2n) is 3.49. The van der Waals surface area contributed by atoms with Gasteiger partial charge in [-0.15, -0.1) is 0 Å². The molecule has 0 spiro atoms. The quantitative estimate of drug-likeness (QED) is 0.714. The molecule has 1 aromatic rings. The van der Waals surface area contributed by atoms with E-state index in [0.717, 1.165) is 6.54 Å². The third kappa shape index (κ3) is 3.48. The summed E-state index contributed by atoms with van der Waals surface area (Å²) in [7, 11) is 3.90. The summed E-state index contributed by atoms with van der Waals surface area (Å²) in [4.78, 5) is 13.6. The summed E-state index contributed by atoms with van der Waals surface area (Å²) in [6.07, 6.45) is 0.535. The zero-order valence-corrected chi connectivity index (χ0v) is 9.21. The van der Waals surface area contributed by atoms with Crippen LogP contribution in [0.5, 0.6) is 0 Å². The third-order valence-corrected chi connectivity index (χ3v) is 2.17. The molecule has 0 aliphatic heterocycles. The maximum Gasteiger partial charge on any atom is 0.164 e. The Morgan fingerprint density at radius 2 is 2.14 bits per heavy atom. The van der Waals surface area contributed by atoms with Crippen molar-refractivity contribution in [2.75, 3.05) is 20.6 Å². The molecule has 0 heterocycles. The molecule has 0 saturated heterocycles. The van der Waals surface area contributed by atoms with Crippen molar-refractivity contribution < 1.29 is 4.79 Å². The van der Waals surface area contributed by atoms with E-state index in [0.29, 0.717) is 17.0 Å². The number of rotatable bonds is 4. The first-order valence-electron chi connectivity index (χ1n) is 4.53. The highest BCUT2D eigenvalue weighted by Crippen LogP contribution is 2.12. The molecule has 0 amide bonds. The number of halogens is 1. The van der Waals surface area contributed by atoms with Crippen LogP contribution in [0.15, 0.2) is 24.3 Å². The fourth-order valence-corrected chi connectivity index (χ4v) is 1.32. The lowest BCUT2D eigenvalue weighted by molar-refractivity contribution is 0.0972. The lowest BCUT2D eigenvalue weighted by atomic mass is 10.1. The van der Waals surface area contributed by atoms with Crippen LogP contribution in [0.1, 0.15) is 16.8 Å². The van der Waals surface area contributed by atoms with Crippen LogP contribution in [0.3, 0.4) is 0 Å². The van der Waals surface area contributed by atoms with Crippen molar-refractivity contribution in [2.45, 2.75) is 6.42 Å². The molecule has 0 fully saturated rings. The SMILES string of the molecule is CN(C)CCC(=O)c1cccc(Cl)c1. The molecule has 76 valence electrons. The van der Waals surface area contributed by atoms with E-state index in [1.165, 1.54) is 0 Å². The van der Waals surface area contributed by atoms with Crippen molar-refractivity contribution >= 4 is 17.4 Å². The maximum absolute atomic E-state index is 11.6. The van der Waals surface area contributed by atoms with E-state index >= 15 is 0 Å². The summed E-state index contributed by atoms with van der Waals surface area (Å²) >= 11 is 5.79. The molecule has 0 unspecified atom stereocenters. The van der Waals surface area contributed by atoms with Gasteiger partial charge < -0.3 is 4.90 Å². The van der Waals surface area contributed by atoms with Crippen LogP contribution in [0.2, 0.25) is 5.02 Å². The minimum atomic E-state index is 0.140. The maximum atomic E-state index is 11.6. The lowest BCUT2D eigenvalue weighted by Crippen LogP contribution is -2.16. The monoisotopic (exact) mass is 211 g/mol. The molecule has 0 aromatic heterocycles. The van der Waals surface area contributed by atoms with Crippen LogP contribution in [-0.4, -0.2) is 31.3 Å². The summed E-state index contributed by atoms with van der Waals surface area (Å²) in [6, 6.07) is 7.07. The van der Waals surface area contributed by atoms with Gasteiger partial charge in [-0.2, -0.15) is 0 Å². The smallest absolute Gasteiger partial charge is 0.164 e. The minimum Gasteiger partial charge on any atom is -0.309 e. The molecule has 1 aromatic carbocycles. The van der Waals surface area contributed by atoms with Crippen LogP contribution in [0.25, 0.3) is 0 Å². The Kier molecular flexibility index (Phi) is 4.11. The highest BCUT2D eigenvalue weighted by atomic mass is 35.5. The topological polar surface area (TPSA) is 20.3 Å². The molecule has 0 aliphatic carbocycles. The van der Waals surface area contributed by atoms with E-state index in [4.69, 9.17) is 11.6 Å². The predicted octanol–water partition coefficient (Wildman–Crippen LogP) is 2.47. The van der Waals surface area contributed by atoms with E-state index in [2.05, 4.69) is 0 Å². The average molecular weight is 212 g/mol. The van der Waals surface area contributed by atoms with E-state index in [1.54, 1.807) is 24.3 Å². The Morgan fingerprint density at radius 3 is 2.71 bits per heavy atom. The lowest BCUT2D eigenvalue weighted by Gasteiger charge is -2.08. The van der Waals surface area contributed by atoms with E-state index in [1.807, 2.05) is 19.0 Å². The van der Waals surface area contributed by atoms with Crippen LogP contribution < -0.4 is 0 Å². The van der Waals surface area contributed by atoms with Gasteiger partial charge in [-0.3, -0.25) is 4.79 Å². The zero-order valence-electron chi connectivity index (χ0n) is 8.46. The first-order valence-corrected chi connectivity index (χ1v) is 4.91. The Bertz CT molecular complexity index is 323. The first-order chi connectivity index (χ1) is 6.59. The minimum absolute atomic E-state index is 0.140. The zero-order chi connectivity index (χ0) is 10.6. The molecular weight excluding hydrogens is 198 g/mol. The number of nitrogens with zero attached hydrogens (tertiary/aromatic N) is 1. The van der Waals surface area contributed by atoms with E-state index in [-0.39, 0.29) is 5.78 Å². The van der Waals surface area contributed by atoms with Crippen molar-refractivity contribution in [1.82, 2.24) is 4.90 Å². The summed E-state index contributed by atoms with van der Waals surface area (Å²) in [5.74, 6) is 0.140. The standard InChI is InChI=1S/C11H14ClNO/c1-13(2)7-6-11(14)9-4-3-5-10(12)8-9/h3-5,8H,6-7H2,1-2H3. The van der Waals surface area contributed by atoms with Gasteiger partial charge in [-0.1, -0.05) is 23.7 Å². The van der Waals surface area contributed by atoms with Crippen molar-refractivity contribution in [1.29, 1.82) is 0 Å². The second-order valence-corrected chi connectivity index (χ2v) is 3.92. The van der Waals surface area contributed by atoms with Crippen LogP contribution in [0.4, 0.5) is 0 Å². The molecule has 3 heteroatoms. The van der Waals surface area contributed by atoms with Gasteiger partial charge in [0.15, 0.2) is 5.78 Å². The summed E-state index contributed by atoms with van der Waals surface area (Å²) in [6.45, 7) is 0.769. The number of Topliss-reactive ketones (excluding diaryl/α,β-unsaturated/α-hetero) is 1. The summed E-state index contributed by atoms with van der Waals surface area (Å²) < 4.78 is 0. The fourth-order valence-electron chi connectivity index (χ4n) is 1.13. The molecule has 0 radical (unpaired) electrons. The van der Waals surface area contributed by atoms with Gasteiger partial charge in [0.1, 0.15) is 0 Å². The normalized spacial score (nSPS) is 10.6. The molecule has 1 rings (SSSR count). The molecule has 0 bridgehead atoms. The van der Waals surface area contributed by atoms with Crippen LogP contribution >= 0.6 is 11.6 Å². The number of carbonyl (C=O) groups excluding carboxylic acids is 1. The van der Waals surface area contributed by atoms with Gasteiger partial charge in [0, 0.05) is 23.6 Å². The summed E-state index contributed by atoms with van der Waals surface area (Å²) in [5.41, 5.74) is 0.694. The fraction of sp³-hybridized carbons (Fsp3) is 0.364. The average Bonchev–Trinajstić information content (AvgIpc) is 2.14. The molecule has 0 N–H and O–H groups in total. The second kappa shape index (κ2) is 5.13. The Labute approximate surface area is 89.5 Å². The number of carbonyl (C=O) groups is 1. The summed E-state index contributed by atoms with van der Waals surface area (Å²) in [5, 5.41) is 0.612. The van der Waals surface area contributed by atoms with Crippen molar-refractivity contribution in [3.63, 3.8) is 0 Å². The highest BCUT2D eigenvalue weighted by molar-refractivity contribution is 6.31. The van der Waals surface area contributed by atoms with Crippen molar-refractivity contribution in [3.8, 4) is 0 Å². The molecule has 0 atom stereocenters. The van der Waals surface area contributed by atoms with Gasteiger partial charge in [-0.05, 0) is 26.2 Å². The Morgan fingerprint density at radius 1 is 1.43 bits per heavy atom. The Hall–Kier alpha value is -0.860. The number of hydrogen-bond donors (Lipinski definition) is 0. The number of ketones is 1. The number of benzene rings is 1. The van der Waals surface area contributed by atoms with Gasteiger partial charge >= 0.3 is 0 Å². The van der Waals surface area contributed by atoms with Crippen molar-refractivity contribution in [2.24, 2.45) is 0 Å². The molecular formula is C11H14ClNO. The van der Waals surface area contributed by atoms with Gasteiger partial charge in [0.05, 0.1) is 0 Å². The van der Waals surface area contributed by atoms with Gasteiger partial charge in [0.2, 0.25) is 0 Å². The third-order valence-electron chi connectivity index (χ3n) is 1.93. The molecule has 0 aliphatic rings. The Balaban J connectivity index is 2.61. The van der Waals surface area contributed by atoms with E-state index < -0.39 is 0 Å². The van der Waals surface area contributed by atoms with Gasteiger partial charge in [0.25, 0.3) is 0 Å². The van der Waals surface area contributed by atoms with Crippen LogP contribution in [0, 0.1) is 0 Å². The van der Waals surface area contributed by atoms with Gasteiger partial charge in [-0.25, -0.2) is 0 Å². The van der Waals surface area contributed by atoms with Crippen LogP contribution in [-0.2, 0) is 0 Å². The number of hydrogen-bond acceptors (Lipinski definition) is 2.